The molecule has 0 radical (unpaired) electrons. The molecule has 20 heavy (non-hydrogen) atoms. The number of nitrogens with zero attached hydrogens (tertiary/aromatic N) is 1. The minimum atomic E-state index is -3.94. The molecule has 0 aromatic heterocycles. The van der Waals surface area contributed by atoms with Gasteiger partial charge >= 0.3 is 16.3 Å². The van der Waals surface area contributed by atoms with E-state index in [1.54, 1.807) is 13.8 Å². The van der Waals surface area contributed by atoms with Gasteiger partial charge in [0.2, 0.25) is 0 Å². The molecular formula is C12H25N3O4S. The van der Waals surface area contributed by atoms with E-state index in [2.05, 4.69) is 4.74 Å². The first-order valence-corrected chi connectivity index (χ1v) is 8.53. The quantitative estimate of drug-likeness (QED) is 0.761. The van der Waals surface area contributed by atoms with E-state index in [0.717, 1.165) is 32.1 Å². The summed E-state index contributed by atoms with van der Waals surface area (Å²) in [5, 5.41) is 0. The predicted molar refractivity (Wildman–Crippen MR) is 76.3 cm³/mol. The van der Waals surface area contributed by atoms with Gasteiger partial charge in [0.15, 0.2) is 0 Å². The highest BCUT2D eigenvalue weighted by Gasteiger charge is 2.43. The number of nitrogens with two attached hydrogens (primary N) is 1. The maximum atomic E-state index is 12.4. The Morgan fingerprint density at radius 3 is 2.35 bits per heavy atom. The van der Waals surface area contributed by atoms with Crippen LogP contribution in [0.4, 0.5) is 4.79 Å². The maximum Gasteiger partial charge on any atom is 0.421 e. The van der Waals surface area contributed by atoms with Crippen molar-refractivity contribution >= 4 is 16.3 Å². The summed E-state index contributed by atoms with van der Waals surface area (Å²) < 4.78 is 32.6. The van der Waals surface area contributed by atoms with E-state index < -0.39 is 21.8 Å². The van der Waals surface area contributed by atoms with Gasteiger partial charge < -0.3 is 10.5 Å². The number of carbonyl (C=O) groups is 1. The van der Waals surface area contributed by atoms with Crippen LogP contribution in [0.3, 0.4) is 0 Å². The molecule has 8 heteroatoms. The maximum absolute atomic E-state index is 12.4. The second-order valence-corrected chi connectivity index (χ2v) is 6.58. The third-order valence-corrected chi connectivity index (χ3v) is 5.41. The van der Waals surface area contributed by atoms with Crippen molar-refractivity contribution in [2.75, 3.05) is 19.7 Å². The lowest BCUT2D eigenvalue weighted by atomic mass is 9.81. The van der Waals surface area contributed by atoms with Crippen LogP contribution in [-0.2, 0) is 14.9 Å². The van der Waals surface area contributed by atoms with Crippen LogP contribution in [-0.4, -0.2) is 44.1 Å². The lowest BCUT2D eigenvalue weighted by Crippen LogP contribution is -2.60. The minimum absolute atomic E-state index is 0.121. The van der Waals surface area contributed by atoms with Crippen molar-refractivity contribution in [2.45, 2.75) is 51.5 Å². The summed E-state index contributed by atoms with van der Waals surface area (Å²) in [6.45, 7) is 4.01. The summed E-state index contributed by atoms with van der Waals surface area (Å²) in [5.41, 5.74) is 5.26. The van der Waals surface area contributed by atoms with E-state index in [-0.39, 0.29) is 19.7 Å². The Kier molecular flexibility index (Phi) is 6.22. The fourth-order valence-corrected chi connectivity index (χ4v) is 4.33. The average Bonchev–Trinajstić information content (AvgIpc) is 2.39. The van der Waals surface area contributed by atoms with Gasteiger partial charge in [-0.2, -0.15) is 12.7 Å². The molecule has 0 saturated heterocycles. The number of amides is 1. The summed E-state index contributed by atoms with van der Waals surface area (Å²) in [4.78, 5) is 11.4. The second kappa shape index (κ2) is 7.24. The summed E-state index contributed by atoms with van der Waals surface area (Å²) >= 11 is 0. The van der Waals surface area contributed by atoms with Crippen molar-refractivity contribution in [3.8, 4) is 0 Å². The Labute approximate surface area is 121 Å². The first-order chi connectivity index (χ1) is 9.41. The van der Waals surface area contributed by atoms with Crippen molar-refractivity contribution in [3.63, 3.8) is 0 Å². The summed E-state index contributed by atoms with van der Waals surface area (Å²) in [7, 11) is -3.94. The fraction of sp³-hybridized carbons (Fsp3) is 0.917. The topological polar surface area (TPSA) is 102 Å². The molecule has 0 aromatic rings. The van der Waals surface area contributed by atoms with Crippen LogP contribution in [0.15, 0.2) is 0 Å². The number of ether oxygens (including phenoxy) is 1. The highest BCUT2D eigenvalue weighted by molar-refractivity contribution is 7.87. The summed E-state index contributed by atoms with van der Waals surface area (Å²) in [6.07, 6.45) is 3.48. The van der Waals surface area contributed by atoms with Crippen molar-refractivity contribution < 1.29 is 17.9 Å². The number of rotatable bonds is 6. The zero-order valence-corrected chi connectivity index (χ0v) is 13.0. The zero-order valence-electron chi connectivity index (χ0n) is 12.2. The van der Waals surface area contributed by atoms with Gasteiger partial charge in [-0.15, -0.1) is 0 Å². The average molecular weight is 307 g/mol. The number of carbonyl (C=O) groups excluding carboxylic acids is 1. The van der Waals surface area contributed by atoms with Crippen molar-refractivity contribution in [2.24, 2.45) is 5.73 Å². The molecule has 0 aromatic carbocycles. The largest absolute Gasteiger partial charge is 0.449 e. The van der Waals surface area contributed by atoms with Crippen LogP contribution >= 0.6 is 0 Å². The number of nitrogens with one attached hydrogen (secondary N) is 1. The number of hydrogen-bond donors (Lipinski definition) is 2. The normalized spacial score (nSPS) is 18.8. The number of likely N-dealkylation sites (N-methyl/N-ethyl adjacent to an activating group) is 1. The standard InChI is InChI=1S/C12H25N3O4S/c1-3-15(12(10-13)8-6-5-7-9-12)20(17,18)14-11(16)19-4-2/h3-10,13H2,1-2H3,(H,14,16). The molecule has 1 fully saturated rings. The number of hydrogen-bond acceptors (Lipinski definition) is 5. The molecule has 1 saturated carbocycles. The molecule has 0 aliphatic heterocycles. The Bertz CT molecular complexity index is 418. The molecule has 3 N–H and O–H groups in total. The monoisotopic (exact) mass is 307 g/mol. The SMILES string of the molecule is CCOC(=O)NS(=O)(=O)N(CC)C1(CN)CCCCC1. The first kappa shape index (κ1) is 17.2. The highest BCUT2D eigenvalue weighted by atomic mass is 32.2. The van der Waals surface area contributed by atoms with Crippen LogP contribution in [0.2, 0.25) is 0 Å². The van der Waals surface area contributed by atoms with Crippen molar-refractivity contribution in [3.05, 3.63) is 0 Å². The Morgan fingerprint density at radius 1 is 1.30 bits per heavy atom. The molecule has 0 bridgehead atoms. The molecule has 0 atom stereocenters. The van der Waals surface area contributed by atoms with E-state index >= 15 is 0 Å². The molecular weight excluding hydrogens is 282 g/mol. The lowest BCUT2D eigenvalue weighted by Gasteiger charge is -2.44. The Balaban J connectivity index is 2.94. The van der Waals surface area contributed by atoms with Gasteiger partial charge in [0.05, 0.1) is 6.61 Å². The summed E-state index contributed by atoms with van der Waals surface area (Å²) in [6, 6.07) is 0. The smallest absolute Gasteiger partial charge is 0.421 e. The molecule has 0 heterocycles. The van der Waals surface area contributed by atoms with Crippen molar-refractivity contribution in [1.29, 1.82) is 0 Å². The van der Waals surface area contributed by atoms with Crippen LogP contribution < -0.4 is 10.5 Å². The molecule has 1 rings (SSSR count). The lowest BCUT2D eigenvalue weighted by molar-refractivity contribution is 0.135. The molecule has 0 unspecified atom stereocenters. The highest BCUT2D eigenvalue weighted by Crippen LogP contribution is 2.34. The second-order valence-electron chi connectivity index (χ2n) is 4.98. The van der Waals surface area contributed by atoms with Gasteiger partial charge in [-0.05, 0) is 19.8 Å². The molecule has 0 spiro atoms. The van der Waals surface area contributed by atoms with Gasteiger partial charge in [0, 0.05) is 18.6 Å². The van der Waals surface area contributed by atoms with Crippen molar-refractivity contribution in [1.82, 2.24) is 9.03 Å². The van der Waals surface area contributed by atoms with E-state index in [4.69, 9.17) is 5.73 Å². The van der Waals surface area contributed by atoms with E-state index in [9.17, 15) is 13.2 Å². The third kappa shape index (κ3) is 3.83. The molecule has 1 amide bonds. The Morgan fingerprint density at radius 2 is 1.90 bits per heavy atom. The Hall–Kier alpha value is -0.860. The van der Waals surface area contributed by atoms with Crippen LogP contribution in [0, 0.1) is 0 Å². The molecule has 1 aliphatic rings. The van der Waals surface area contributed by atoms with Gasteiger partial charge in [0.25, 0.3) is 0 Å². The molecule has 118 valence electrons. The van der Waals surface area contributed by atoms with E-state index in [0.29, 0.717) is 0 Å². The van der Waals surface area contributed by atoms with Gasteiger partial charge in [-0.3, -0.25) is 0 Å². The van der Waals surface area contributed by atoms with Crippen LogP contribution in [0.25, 0.3) is 0 Å². The van der Waals surface area contributed by atoms with Crippen LogP contribution in [0.5, 0.6) is 0 Å². The summed E-state index contributed by atoms with van der Waals surface area (Å²) in [5.74, 6) is 0. The minimum Gasteiger partial charge on any atom is -0.449 e. The first-order valence-electron chi connectivity index (χ1n) is 7.09. The van der Waals surface area contributed by atoms with Gasteiger partial charge in [0.1, 0.15) is 0 Å². The predicted octanol–water partition coefficient (Wildman–Crippen LogP) is 0.961. The van der Waals surface area contributed by atoms with Gasteiger partial charge in [-0.25, -0.2) is 9.52 Å². The zero-order chi connectivity index (χ0) is 15.2. The molecule has 7 nitrogen and oxygen atoms in total. The van der Waals surface area contributed by atoms with E-state index in [1.165, 1.54) is 4.31 Å². The molecule has 1 aliphatic carbocycles. The van der Waals surface area contributed by atoms with Gasteiger partial charge in [-0.1, -0.05) is 26.2 Å². The van der Waals surface area contributed by atoms with E-state index in [1.807, 2.05) is 4.72 Å². The third-order valence-electron chi connectivity index (χ3n) is 3.76. The van der Waals surface area contributed by atoms with Crippen LogP contribution in [0.1, 0.15) is 46.0 Å². The fourth-order valence-electron chi connectivity index (χ4n) is 2.85.